The number of halogens is 3. The molecule has 34 heavy (non-hydrogen) atoms. The molecule has 2 amide bonds. The zero-order valence-electron chi connectivity index (χ0n) is 18.1. The fourth-order valence-electron chi connectivity index (χ4n) is 3.67. The summed E-state index contributed by atoms with van der Waals surface area (Å²) in [5.41, 5.74) is -0.0875. The number of carbonyl (C=O) groups excluding carboxylic acids is 3. The van der Waals surface area contributed by atoms with Crippen molar-refractivity contribution in [3.05, 3.63) is 53.6 Å². The Labute approximate surface area is 192 Å². The van der Waals surface area contributed by atoms with Gasteiger partial charge < -0.3 is 24.4 Å². The molecule has 0 aliphatic carbocycles. The molecule has 0 unspecified atom stereocenters. The Morgan fingerprint density at radius 3 is 2.71 bits per heavy atom. The van der Waals surface area contributed by atoms with Crippen LogP contribution >= 0.6 is 0 Å². The van der Waals surface area contributed by atoms with E-state index in [1.54, 1.807) is 18.2 Å². The van der Waals surface area contributed by atoms with Gasteiger partial charge in [-0.1, -0.05) is 12.1 Å². The van der Waals surface area contributed by atoms with Crippen LogP contribution < -0.4 is 19.7 Å². The van der Waals surface area contributed by atoms with Gasteiger partial charge in [-0.2, -0.15) is 13.2 Å². The maximum atomic E-state index is 13.0. The van der Waals surface area contributed by atoms with Crippen molar-refractivity contribution in [1.82, 2.24) is 5.32 Å². The quantitative estimate of drug-likeness (QED) is 0.642. The van der Waals surface area contributed by atoms with Gasteiger partial charge in [-0.15, -0.1) is 0 Å². The van der Waals surface area contributed by atoms with E-state index in [1.165, 1.54) is 19.1 Å². The van der Waals surface area contributed by atoms with Gasteiger partial charge in [0.25, 0.3) is 5.91 Å². The number of nitrogens with zero attached hydrogens (tertiary/aromatic N) is 1. The number of ether oxygens (including phenoxy) is 3. The highest BCUT2D eigenvalue weighted by molar-refractivity contribution is 5.99. The molecular weight excluding hydrogens is 457 g/mol. The van der Waals surface area contributed by atoms with Gasteiger partial charge in [0.15, 0.2) is 17.6 Å². The molecule has 0 bridgehead atoms. The highest BCUT2D eigenvalue weighted by Gasteiger charge is 2.38. The molecule has 0 saturated carbocycles. The van der Waals surface area contributed by atoms with E-state index in [0.29, 0.717) is 11.5 Å². The monoisotopic (exact) mass is 478 g/mol. The minimum absolute atomic E-state index is 0.0460. The van der Waals surface area contributed by atoms with Crippen LogP contribution in [-0.4, -0.2) is 37.2 Å². The number of esters is 1. The van der Waals surface area contributed by atoms with Crippen molar-refractivity contribution in [2.24, 2.45) is 5.92 Å². The predicted molar refractivity (Wildman–Crippen MR) is 112 cm³/mol. The van der Waals surface area contributed by atoms with Crippen molar-refractivity contribution in [1.29, 1.82) is 0 Å². The van der Waals surface area contributed by atoms with Gasteiger partial charge in [-0.05, 0) is 42.8 Å². The van der Waals surface area contributed by atoms with E-state index in [4.69, 9.17) is 14.2 Å². The summed E-state index contributed by atoms with van der Waals surface area (Å²) in [4.78, 5) is 38.3. The molecule has 2 aromatic rings. The lowest BCUT2D eigenvalue weighted by atomic mass is 10.1. The Morgan fingerprint density at radius 1 is 1.18 bits per heavy atom. The first kappa shape index (κ1) is 23.4. The Balaban J connectivity index is 1.31. The van der Waals surface area contributed by atoms with Crippen LogP contribution in [-0.2, 0) is 31.8 Å². The maximum absolute atomic E-state index is 13.0. The lowest BCUT2D eigenvalue weighted by Gasteiger charge is -2.19. The number of benzene rings is 2. The SMILES string of the molecule is C[C@@H](OC(=O)[C@H]1CC(=O)N(c2cccc(C(F)(F)F)c2)C1)C(=O)NCc1ccc2c(c1)OCO2. The van der Waals surface area contributed by atoms with Crippen LogP contribution in [0.25, 0.3) is 0 Å². The molecule has 1 saturated heterocycles. The molecule has 180 valence electrons. The first-order valence-electron chi connectivity index (χ1n) is 10.5. The van der Waals surface area contributed by atoms with E-state index >= 15 is 0 Å². The molecular formula is C23H21F3N2O6. The van der Waals surface area contributed by atoms with E-state index in [9.17, 15) is 27.6 Å². The molecule has 2 atom stereocenters. The number of alkyl halides is 3. The third-order valence-corrected chi connectivity index (χ3v) is 5.51. The molecule has 0 radical (unpaired) electrons. The van der Waals surface area contributed by atoms with Crippen LogP contribution in [0.5, 0.6) is 11.5 Å². The van der Waals surface area contributed by atoms with Crippen LogP contribution in [0.2, 0.25) is 0 Å². The van der Waals surface area contributed by atoms with Crippen molar-refractivity contribution in [3.8, 4) is 11.5 Å². The number of hydrogen-bond donors (Lipinski definition) is 1. The van der Waals surface area contributed by atoms with Crippen LogP contribution in [0.15, 0.2) is 42.5 Å². The van der Waals surface area contributed by atoms with Crippen LogP contribution in [0.4, 0.5) is 18.9 Å². The summed E-state index contributed by atoms with van der Waals surface area (Å²) in [5, 5.41) is 2.65. The maximum Gasteiger partial charge on any atom is 0.416 e. The number of amides is 2. The Bertz CT molecular complexity index is 1120. The molecule has 2 aliphatic heterocycles. The normalized spacial score (nSPS) is 18.1. The molecule has 11 heteroatoms. The van der Waals surface area contributed by atoms with E-state index in [0.717, 1.165) is 22.6 Å². The third-order valence-electron chi connectivity index (χ3n) is 5.51. The number of nitrogens with one attached hydrogen (secondary N) is 1. The second kappa shape index (κ2) is 9.24. The molecule has 0 aromatic heterocycles. The van der Waals surface area contributed by atoms with Crippen LogP contribution in [0.1, 0.15) is 24.5 Å². The Hall–Kier alpha value is -3.76. The first-order valence-corrected chi connectivity index (χ1v) is 10.5. The van der Waals surface area contributed by atoms with Crippen molar-refractivity contribution >= 4 is 23.5 Å². The minimum Gasteiger partial charge on any atom is -0.454 e. The van der Waals surface area contributed by atoms with E-state index < -0.39 is 41.5 Å². The van der Waals surface area contributed by atoms with Crippen molar-refractivity contribution in [2.45, 2.75) is 32.2 Å². The highest BCUT2D eigenvalue weighted by atomic mass is 19.4. The van der Waals surface area contributed by atoms with E-state index in [1.807, 2.05) is 0 Å². The molecule has 2 aliphatic rings. The predicted octanol–water partition coefficient (Wildman–Crippen LogP) is 3.04. The highest BCUT2D eigenvalue weighted by Crippen LogP contribution is 2.34. The summed E-state index contributed by atoms with van der Waals surface area (Å²) in [6.45, 7) is 1.56. The topological polar surface area (TPSA) is 94.2 Å². The zero-order valence-corrected chi connectivity index (χ0v) is 18.1. The smallest absolute Gasteiger partial charge is 0.416 e. The number of hydrogen-bond acceptors (Lipinski definition) is 6. The average molecular weight is 478 g/mol. The van der Waals surface area contributed by atoms with Gasteiger partial charge in [0.05, 0.1) is 11.5 Å². The first-order chi connectivity index (χ1) is 16.1. The standard InChI is InChI=1S/C23H21F3N2O6/c1-13(21(30)27-10-14-5-6-18-19(7-14)33-12-32-18)34-22(31)15-8-20(29)28(11-15)17-4-2-3-16(9-17)23(24,25)26/h2-7,9,13,15H,8,10-12H2,1H3,(H,27,30)/t13-,15+/m1/s1. The van der Waals surface area contributed by atoms with Gasteiger partial charge in [-0.3, -0.25) is 14.4 Å². The van der Waals surface area contributed by atoms with Crippen LogP contribution in [0, 0.1) is 5.92 Å². The van der Waals surface area contributed by atoms with E-state index in [2.05, 4.69) is 5.32 Å². The van der Waals surface area contributed by atoms with Crippen molar-refractivity contribution in [3.63, 3.8) is 0 Å². The van der Waals surface area contributed by atoms with Gasteiger partial charge in [0, 0.05) is 25.2 Å². The third kappa shape index (κ3) is 5.08. The Kier molecular flexibility index (Phi) is 6.36. The molecule has 2 aromatic carbocycles. The second-order valence-electron chi connectivity index (χ2n) is 7.94. The van der Waals surface area contributed by atoms with Gasteiger partial charge in [0.1, 0.15) is 0 Å². The molecule has 1 fully saturated rings. The largest absolute Gasteiger partial charge is 0.454 e. The Morgan fingerprint density at radius 2 is 1.94 bits per heavy atom. The summed E-state index contributed by atoms with van der Waals surface area (Å²) < 4.78 is 54.7. The number of rotatable bonds is 6. The number of carbonyl (C=O) groups is 3. The summed E-state index contributed by atoms with van der Waals surface area (Å²) in [7, 11) is 0. The summed E-state index contributed by atoms with van der Waals surface area (Å²) >= 11 is 0. The van der Waals surface area contributed by atoms with Crippen molar-refractivity contribution < 1.29 is 41.8 Å². The minimum atomic E-state index is -4.56. The lowest BCUT2D eigenvalue weighted by molar-refractivity contribution is -0.158. The zero-order chi connectivity index (χ0) is 24.5. The summed E-state index contributed by atoms with van der Waals surface area (Å²) in [5.74, 6) is -1.52. The van der Waals surface area contributed by atoms with Crippen molar-refractivity contribution in [2.75, 3.05) is 18.2 Å². The van der Waals surface area contributed by atoms with Crippen LogP contribution in [0.3, 0.4) is 0 Å². The number of anilines is 1. The molecule has 0 spiro atoms. The average Bonchev–Trinajstić information content (AvgIpc) is 3.43. The summed E-state index contributed by atoms with van der Waals surface area (Å²) in [6, 6.07) is 9.54. The number of fused-ring (bicyclic) bond motifs is 1. The molecule has 8 nitrogen and oxygen atoms in total. The second-order valence-corrected chi connectivity index (χ2v) is 7.94. The molecule has 1 N–H and O–H groups in total. The lowest BCUT2D eigenvalue weighted by Crippen LogP contribution is -2.37. The van der Waals surface area contributed by atoms with Gasteiger partial charge in [0.2, 0.25) is 12.7 Å². The summed E-state index contributed by atoms with van der Waals surface area (Å²) in [6.07, 6.45) is -5.90. The fraction of sp³-hybridized carbons (Fsp3) is 0.348. The van der Waals surface area contributed by atoms with Gasteiger partial charge in [-0.25, -0.2) is 0 Å². The van der Waals surface area contributed by atoms with E-state index in [-0.39, 0.29) is 32.0 Å². The molecule has 2 heterocycles. The van der Waals surface area contributed by atoms with Gasteiger partial charge >= 0.3 is 12.1 Å². The molecule has 4 rings (SSSR count). The fourth-order valence-corrected chi connectivity index (χ4v) is 3.67.